The van der Waals surface area contributed by atoms with Crippen molar-refractivity contribution in [2.24, 2.45) is 0 Å². The molecule has 33 heavy (non-hydrogen) atoms. The Labute approximate surface area is 200 Å². The zero-order chi connectivity index (χ0) is 22.3. The van der Waals surface area contributed by atoms with Crippen LogP contribution < -0.4 is 0 Å². The summed E-state index contributed by atoms with van der Waals surface area (Å²) in [5.41, 5.74) is 2.00. The van der Waals surface area contributed by atoms with Crippen LogP contribution in [0.3, 0.4) is 0 Å². The van der Waals surface area contributed by atoms with Crippen molar-refractivity contribution in [3.8, 4) is 17.1 Å². The second kappa shape index (κ2) is 8.81. The molecule has 0 spiro atoms. The summed E-state index contributed by atoms with van der Waals surface area (Å²) in [6.07, 6.45) is 3.22. The molecule has 0 bridgehead atoms. The van der Waals surface area contributed by atoms with Gasteiger partial charge in [-0.25, -0.2) is 13.9 Å². The van der Waals surface area contributed by atoms with Crippen molar-refractivity contribution in [2.45, 2.75) is 19.3 Å². The van der Waals surface area contributed by atoms with Crippen molar-refractivity contribution in [3.05, 3.63) is 102 Å². The van der Waals surface area contributed by atoms with Crippen LogP contribution in [-0.2, 0) is 22.5 Å². The second-order valence-electron chi connectivity index (χ2n) is 7.84. The predicted octanol–water partition coefficient (Wildman–Crippen LogP) is 5.08. The second-order valence-corrected chi connectivity index (χ2v) is 7.84. The summed E-state index contributed by atoms with van der Waals surface area (Å²) < 4.78 is 29.0. The van der Waals surface area contributed by atoms with Gasteiger partial charge in [0.2, 0.25) is 0 Å². The summed E-state index contributed by atoms with van der Waals surface area (Å²) >= 11 is 0. The molecule has 0 aliphatic carbocycles. The molecular formula is C25H17CuF2N5. The Hall–Kier alpha value is -3.48. The van der Waals surface area contributed by atoms with Gasteiger partial charge in [0, 0.05) is 22.3 Å². The minimum absolute atomic E-state index is 0. The van der Waals surface area contributed by atoms with Crippen LogP contribution in [0.15, 0.2) is 66.7 Å². The van der Waals surface area contributed by atoms with Crippen LogP contribution in [0.25, 0.3) is 28.0 Å². The Balaban J connectivity index is 0.00000259. The molecule has 0 aliphatic heterocycles. The molecule has 5 nitrogen and oxygen atoms in total. The molecular weight excluding hydrogens is 472 g/mol. The Morgan fingerprint density at radius 3 is 2.33 bits per heavy atom. The molecule has 0 saturated carbocycles. The van der Waals surface area contributed by atoms with Gasteiger partial charge in [0.1, 0.15) is 11.9 Å². The van der Waals surface area contributed by atoms with Gasteiger partial charge in [-0.3, -0.25) is 9.97 Å². The van der Waals surface area contributed by atoms with Gasteiger partial charge in [-0.15, -0.1) is 23.6 Å². The van der Waals surface area contributed by atoms with Gasteiger partial charge in [0.05, 0.1) is 5.82 Å². The number of fused-ring (bicyclic) bond motifs is 1. The third-order valence-corrected chi connectivity index (χ3v) is 5.32. The Kier molecular flexibility index (Phi) is 6.06. The number of pyridine rings is 3. The van der Waals surface area contributed by atoms with Gasteiger partial charge >= 0.3 is 17.1 Å². The van der Waals surface area contributed by atoms with Gasteiger partial charge < -0.3 is 9.67 Å². The van der Waals surface area contributed by atoms with Crippen molar-refractivity contribution in [3.63, 3.8) is 0 Å². The standard InChI is InChI=1S/C25H17F2N5.Cu/c1-25(2,20-10-5-9-19(28-20)17-13-14-22(26)30-24(17)27)21-11-6-12-23(29-21)32-15-16-7-3-4-8-18(16)31-32;/h3-12,14H,1-2H3;/q-2;+2. The zero-order valence-corrected chi connectivity index (χ0v) is 18.6. The van der Waals surface area contributed by atoms with E-state index in [0.29, 0.717) is 17.2 Å². The van der Waals surface area contributed by atoms with Crippen LogP contribution in [0.4, 0.5) is 8.78 Å². The van der Waals surface area contributed by atoms with E-state index in [-0.39, 0.29) is 22.6 Å². The maximum absolute atomic E-state index is 14.2. The van der Waals surface area contributed by atoms with E-state index < -0.39 is 17.3 Å². The van der Waals surface area contributed by atoms with Gasteiger partial charge in [-0.05, 0) is 37.9 Å². The minimum atomic E-state index is -0.950. The van der Waals surface area contributed by atoms with Crippen LogP contribution in [-0.4, -0.2) is 24.7 Å². The van der Waals surface area contributed by atoms with E-state index in [1.54, 1.807) is 16.8 Å². The Bertz CT molecular complexity index is 1410. The number of aromatic nitrogens is 5. The van der Waals surface area contributed by atoms with E-state index >= 15 is 0 Å². The van der Waals surface area contributed by atoms with Crippen molar-refractivity contribution >= 4 is 10.9 Å². The molecule has 1 radical (unpaired) electrons. The molecule has 0 atom stereocenters. The first-order valence-electron chi connectivity index (χ1n) is 9.98. The molecule has 8 heteroatoms. The molecule has 0 N–H and O–H groups in total. The molecule has 5 aromatic rings. The number of benzene rings is 1. The summed E-state index contributed by atoms with van der Waals surface area (Å²) in [6.45, 7) is 3.97. The van der Waals surface area contributed by atoms with E-state index in [1.807, 2.05) is 62.4 Å². The number of rotatable bonds is 4. The maximum Gasteiger partial charge on any atom is 2.00 e. The molecule has 1 aromatic carbocycles. The predicted molar refractivity (Wildman–Crippen MR) is 116 cm³/mol. The fourth-order valence-corrected chi connectivity index (χ4v) is 3.51. The molecule has 5 rings (SSSR count). The minimum Gasteiger partial charge on any atom is -0.311 e. The topological polar surface area (TPSA) is 56.5 Å². The largest absolute Gasteiger partial charge is 2.00 e. The van der Waals surface area contributed by atoms with Crippen LogP contribution in [0.5, 0.6) is 0 Å². The van der Waals surface area contributed by atoms with Crippen molar-refractivity contribution < 1.29 is 25.8 Å². The summed E-state index contributed by atoms with van der Waals surface area (Å²) in [6, 6.07) is 22.2. The Morgan fingerprint density at radius 2 is 1.58 bits per heavy atom. The molecule has 0 unspecified atom stereocenters. The fourth-order valence-electron chi connectivity index (χ4n) is 3.51. The zero-order valence-electron chi connectivity index (χ0n) is 17.6. The molecule has 167 valence electrons. The summed E-state index contributed by atoms with van der Waals surface area (Å²) in [4.78, 5) is 12.7. The van der Waals surface area contributed by atoms with Crippen LogP contribution in [0.2, 0.25) is 0 Å². The van der Waals surface area contributed by atoms with E-state index in [9.17, 15) is 8.78 Å². The molecule has 0 fully saturated rings. The monoisotopic (exact) mass is 488 g/mol. The third-order valence-electron chi connectivity index (χ3n) is 5.32. The summed E-state index contributed by atoms with van der Waals surface area (Å²) in [5.74, 6) is -1.24. The van der Waals surface area contributed by atoms with E-state index in [0.717, 1.165) is 22.7 Å². The smallest absolute Gasteiger partial charge is 0.311 e. The summed E-state index contributed by atoms with van der Waals surface area (Å²) in [5, 5.41) is 5.45. The first kappa shape index (κ1) is 22.7. The molecule has 0 amide bonds. The van der Waals surface area contributed by atoms with Crippen LogP contribution >= 0.6 is 0 Å². The molecule has 0 saturated heterocycles. The van der Waals surface area contributed by atoms with Gasteiger partial charge in [-0.1, -0.05) is 48.0 Å². The molecule has 4 aromatic heterocycles. The quantitative estimate of drug-likeness (QED) is 0.201. The van der Waals surface area contributed by atoms with Crippen molar-refractivity contribution in [1.82, 2.24) is 24.7 Å². The number of halogens is 2. The first-order chi connectivity index (χ1) is 15.4. The summed E-state index contributed by atoms with van der Waals surface area (Å²) in [7, 11) is 0. The van der Waals surface area contributed by atoms with E-state index in [4.69, 9.17) is 4.98 Å². The van der Waals surface area contributed by atoms with E-state index in [2.05, 4.69) is 27.3 Å². The first-order valence-corrected chi connectivity index (χ1v) is 9.98. The number of hydrogen-bond donors (Lipinski definition) is 0. The number of nitrogens with zero attached hydrogens (tertiary/aromatic N) is 5. The van der Waals surface area contributed by atoms with Gasteiger partial charge in [0.15, 0.2) is 0 Å². The van der Waals surface area contributed by atoms with Crippen LogP contribution in [0.1, 0.15) is 25.2 Å². The fraction of sp³-hybridized carbons (Fsp3) is 0.120. The van der Waals surface area contributed by atoms with Gasteiger partial charge in [0.25, 0.3) is 0 Å². The maximum atomic E-state index is 14.2. The average Bonchev–Trinajstić information content (AvgIpc) is 3.24. The molecule has 0 aliphatic rings. The van der Waals surface area contributed by atoms with E-state index in [1.165, 1.54) is 0 Å². The third kappa shape index (κ3) is 4.27. The average molecular weight is 489 g/mol. The van der Waals surface area contributed by atoms with Crippen LogP contribution in [0, 0.1) is 24.2 Å². The van der Waals surface area contributed by atoms with Crippen molar-refractivity contribution in [1.29, 1.82) is 0 Å². The van der Waals surface area contributed by atoms with Crippen molar-refractivity contribution in [2.75, 3.05) is 0 Å². The Morgan fingerprint density at radius 1 is 0.848 bits per heavy atom. The molecule has 4 heterocycles. The normalized spacial score (nSPS) is 11.4. The number of hydrogen-bond acceptors (Lipinski definition) is 4. The van der Waals surface area contributed by atoms with Gasteiger partial charge in [-0.2, -0.15) is 0 Å². The SMILES string of the molecule is CC(C)(c1cccc(-c2[c-]cc(F)nc2F)n1)c1cccc(-n2[c-]c3ccccc3n2)n1.[Cu+2].